The highest BCUT2D eigenvalue weighted by molar-refractivity contribution is 6.09. The van der Waals surface area contributed by atoms with Crippen LogP contribution in [0.4, 0.5) is 34.8 Å². The van der Waals surface area contributed by atoms with Gasteiger partial charge in [-0.05, 0) is 37.6 Å². The molecule has 0 saturated carbocycles. The zero-order valence-electron chi connectivity index (χ0n) is 18.5. The first kappa shape index (κ1) is 24.2. The molecule has 0 aliphatic carbocycles. The lowest BCUT2D eigenvalue weighted by molar-refractivity contribution is -0.137. The van der Waals surface area contributed by atoms with Crippen molar-refractivity contribution < 1.29 is 27.2 Å². The van der Waals surface area contributed by atoms with Gasteiger partial charge in [0.15, 0.2) is 0 Å². The van der Waals surface area contributed by atoms with Crippen molar-refractivity contribution in [2.75, 3.05) is 35.3 Å². The predicted molar refractivity (Wildman–Crippen MR) is 118 cm³/mol. The van der Waals surface area contributed by atoms with Gasteiger partial charge in [0.1, 0.15) is 17.7 Å². The van der Waals surface area contributed by atoms with Gasteiger partial charge < -0.3 is 9.80 Å². The van der Waals surface area contributed by atoms with Crippen molar-refractivity contribution in [2.24, 2.45) is 0 Å². The molecule has 176 valence electrons. The second-order valence-electron chi connectivity index (χ2n) is 7.85. The van der Waals surface area contributed by atoms with Crippen LogP contribution in [-0.2, 0) is 15.8 Å². The Morgan fingerprint density at radius 3 is 2.64 bits per heavy atom. The average Bonchev–Trinajstić information content (AvgIpc) is 3.12. The number of alkyl halides is 3. The monoisotopic (exact) mass is 464 g/mol. The van der Waals surface area contributed by atoms with Gasteiger partial charge in [-0.3, -0.25) is 14.5 Å². The third-order valence-electron chi connectivity index (χ3n) is 5.45. The lowest BCUT2D eigenvalue weighted by atomic mass is 10.1. The molecule has 10 heteroatoms. The Hall–Kier alpha value is -3.43. The lowest BCUT2D eigenvalue weighted by Crippen LogP contribution is -2.46. The Labute approximate surface area is 189 Å². The van der Waals surface area contributed by atoms with Crippen molar-refractivity contribution in [3.63, 3.8) is 0 Å². The molecule has 2 heterocycles. The molecule has 1 aliphatic heterocycles. The normalized spacial score (nSPS) is 16.2. The molecule has 0 unspecified atom stereocenters. The molecule has 3 rings (SSSR count). The van der Waals surface area contributed by atoms with Gasteiger partial charge in [0, 0.05) is 32.8 Å². The van der Waals surface area contributed by atoms with E-state index in [1.165, 1.54) is 31.0 Å². The summed E-state index contributed by atoms with van der Waals surface area (Å²) in [4.78, 5) is 33.9. The van der Waals surface area contributed by atoms with Gasteiger partial charge in [-0.25, -0.2) is 9.37 Å². The number of para-hydroxylation sites is 1. The van der Waals surface area contributed by atoms with Crippen molar-refractivity contribution in [3.8, 4) is 0 Å². The van der Waals surface area contributed by atoms with Crippen LogP contribution in [0.25, 0.3) is 0 Å². The Balaban J connectivity index is 2.00. The summed E-state index contributed by atoms with van der Waals surface area (Å²) in [6.07, 6.45) is -2.97. The molecule has 2 amide bonds. The number of likely N-dealkylation sites (N-methyl/N-ethyl adjacent to an activating group) is 2. The molecule has 33 heavy (non-hydrogen) atoms. The number of carbonyl (C=O) groups is 2. The van der Waals surface area contributed by atoms with Crippen LogP contribution in [0.5, 0.6) is 0 Å². The van der Waals surface area contributed by atoms with E-state index >= 15 is 0 Å². The molecule has 1 aliphatic rings. The highest BCUT2D eigenvalue weighted by Gasteiger charge is 2.41. The van der Waals surface area contributed by atoms with E-state index in [-0.39, 0.29) is 35.7 Å². The first-order chi connectivity index (χ1) is 15.5. The number of carbonyl (C=O) groups excluding carboxylic acids is 2. The van der Waals surface area contributed by atoms with E-state index in [1.54, 1.807) is 24.1 Å². The number of benzene rings is 1. The maximum Gasteiger partial charge on any atom is 0.416 e. The fraction of sp³-hybridized carbons (Fsp3) is 0.348. The average molecular weight is 464 g/mol. The van der Waals surface area contributed by atoms with Gasteiger partial charge >= 0.3 is 6.18 Å². The molecule has 0 spiro atoms. The zero-order valence-corrected chi connectivity index (χ0v) is 18.5. The summed E-state index contributed by atoms with van der Waals surface area (Å²) >= 11 is 0. The second kappa shape index (κ2) is 9.21. The lowest BCUT2D eigenvalue weighted by Gasteiger charge is -2.31. The number of aryl methyl sites for hydroxylation is 1. The molecule has 2 aromatic rings. The Kier molecular flexibility index (Phi) is 6.76. The number of halogens is 4. The number of hydrogen-bond donors (Lipinski definition) is 0. The molecule has 1 aromatic heterocycles. The summed E-state index contributed by atoms with van der Waals surface area (Å²) < 4.78 is 54.5. The molecule has 0 bridgehead atoms. The molecule has 1 fully saturated rings. The number of aromatic nitrogens is 1. The quantitative estimate of drug-likeness (QED) is 0.472. The summed E-state index contributed by atoms with van der Waals surface area (Å²) in [6.45, 7) is 5.34. The molecule has 1 saturated heterocycles. The molecular weight excluding hydrogens is 440 g/mol. The van der Waals surface area contributed by atoms with Crippen LogP contribution in [0.2, 0.25) is 0 Å². The predicted octanol–water partition coefficient (Wildman–Crippen LogP) is 4.33. The van der Waals surface area contributed by atoms with E-state index in [0.717, 1.165) is 17.0 Å². The molecular formula is C23H24F4N4O2. The first-order valence-electron chi connectivity index (χ1n) is 10.2. The SMILES string of the molecule is C=CCN(C)c1c(F)cccc1N(C)C(=O)[C@@H]1CCC(=O)N1c1cc(C(F)(F)F)cc(C)n1. The zero-order chi connectivity index (χ0) is 24.5. The number of rotatable bonds is 6. The van der Waals surface area contributed by atoms with Crippen molar-refractivity contribution in [1.29, 1.82) is 0 Å². The van der Waals surface area contributed by atoms with E-state index < -0.39 is 35.4 Å². The van der Waals surface area contributed by atoms with Crippen molar-refractivity contribution in [3.05, 3.63) is 60.1 Å². The van der Waals surface area contributed by atoms with E-state index in [2.05, 4.69) is 11.6 Å². The number of nitrogens with zero attached hydrogens (tertiary/aromatic N) is 4. The van der Waals surface area contributed by atoms with Gasteiger partial charge in [0.2, 0.25) is 11.8 Å². The smallest absolute Gasteiger partial charge is 0.367 e. The highest BCUT2D eigenvalue weighted by Crippen LogP contribution is 2.36. The van der Waals surface area contributed by atoms with Crippen LogP contribution < -0.4 is 14.7 Å². The molecule has 6 nitrogen and oxygen atoms in total. The van der Waals surface area contributed by atoms with Crippen molar-refractivity contribution >= 4 is 29.0 Å². The highest BCUT2D eigenvalue weighted by atomic mass is 19.4. The largest absolute Gasteiger partial charge is 0.416 e. The maximum atomic E-state index is 14.6. The van der Waals surface area contributed by atoms with E-state index in [0.29, 0.717) is 6.54 Å². The van der Waals surface area contributed by atoms with Gasteiger partial charge in [0.05, 0.1) is 16.9 Å². The van der Waals surface area contributed by atoms with Crippen LogP contribution >= 0.6 is 0 Å². The number of hydrogen-bond acceptors (Lipinski definition) is 4. The standard InChI is InChI=1S/C23H24F4N4O2/c1-5-11-29(3)21-16(24)7-6-8-17(21)30(4)22(33)18-9-10-20(32)31(18)19-13-15(23(25,26)27)12-14(2)28-19/h5-8,12-13,18H,1,9-11H2,2-4H3/t18-/m0/s1. The molecule has 1 atom stereocenters. The third kappa shape index (κ3) is 4.84. The molecule has 0 radical (unpaired) electrons. The van der Waals surface area contributed by atoms with Gasteiger partial charge in [-0.2, -0.15) is 13.2 Å². The Bertz CT molecular complexity index is 1090. The summed E-state index contributed by atoms with van der Waals surface area (Å²) in [5.74, 6) is -1.85. The third-order valence-corrected chi connectivity index (χ3v) is 5.45. The van der Waals surface area contributed by atoms with Gasteiger partial charge in [-0.15, -0.1) is 6.58 Å². The van der Waals surface area contributed by atoms with Crippen LogP contribution in [0.15, 0.2) is 43.0 Å². The molecule has 1 aromatic carbocycles. The number of pyridine rings is 1. The summed E-state index contributed by atoms with van der Waals surface area (Å²) in [6, 6.07) is 4.85. The van der Waals surface area contributed by atoms with Crippen LogP contribution in [0, 0.1) is 12.7 Å². The Morgan fingerprint density at radius 2 is 2.00 bits per heavy atom. The van der Waals surface area contributed by atoms with Crippen LogP contribution in [0.1, 0.15) is 24.1 Å². The number of amides is 2. The number of anilines is 3. The van der Waals surface area contributed by atoms with E-state index in [9.17, 15) is 27.2 Å². The van der Waals surface area contributed by atoms with Crippen molar-refractivity contribution in [2.45, 2.75) is 32.0 Å². The van der Waals surface area contributed by atoms with Gasteiger partial charge in [0.25, 0.3) is 0 Å². The van der Waals surface area contributed by atoms with Gasteiger partial charge in [-0.1, -0.05) is 12.1 Å². The first-order valence-corrected chi connectivity index (χ1v) is 10.2. The van der Waals surface area contributed by atoms with Crippen LogP contribution in [0.3, 0.4) is 0 Å². The fourth-order valence-electron chi connectivity index (χ4n) is 3.92. The van der Waals surface area contributed by atoms with E-state index in [1.807, 2.05) is 0 Å². The summed E-state index contributed by atoms with van der Waals surface area (Å²) in [7, 11) is 3.08. The molecule has 0 N–H and O–H groups in total. The minimum atomic E-state index is -4.63. The fourth-order valence-corrected chi connectivity index (χ4v) is 3.92. The second-order valence-corrected chi connectivity index (χ2v) is 7.85. The summed E-state index contributed by atoms with van der Waals surface area (Å²) in [5, 5.41) is 0. The van der Waals surface area contributed by atoms with Crippen molar-refractivity contribution in [1.82, 2.24) is 4.98 Å². The maximum absolute atomic E-state index is 14.6. The van der Waals surface area contributed by atoms with E-state index in [4.69, 9.17) is 0 Å². The topological polar surface area (TPSA) is 56.8 Å². The van der Waals surface area contributed by atoms with Crippen LogP contribution in [-0.4, -0.2) is 43.5 Å². The Morgan fingerprint density at radius 1 is 1.30 bits per heavy atom. The minimum Gasteiger partial charge on any atom is -0.367 e. The minimum absolute atomic E-state index is 0.0202. The summed E-state index contributed by atoms with van der Waals surface area (Å²) in [5.41, 5.74) is -0.464.